The summed E-state index contributed by atoms with van der Waals surface area (Å²) < 4.78 is 0. The van der Waals surface area contributed by atoms with Crippen LogP contribution in [0.3, 0.4) is 0 Å². The van der Waals surface area contributed by atoms with E-state index in [1.54, 1.807) is 0 Å². The van der Waals surface area contributed by atoms with Crippen molar-refractivity contribution >= 4 is 5.97 Å². The van der Waals surface area contributed by atoms with Crippen molar-refractivity contribution in [3.63, 3.8) is 0 Å². The zero-order chi connectivity index (χ0) is 11.0. The van der Waals surface area contributed by atoms with Gasteiger partial charge in [-0.05, 0) is 19.3 Å². The average Bonchev–Trinajstić information content (AvgIpc) is 2.16. The van der Waals surface area contributed by atoms with Crippen LogP contribution in [0.25, 0.3) is 0 Å². The number of aliphatic carboxylic acids is 1. The minimum atomic E-state index is -0.599. The SMILES string of the molecule is CCCCCC(CC)(CCC)C(=O)O. The molecule has 0 aliphatic rings. The van der Waals surface area contributed by atoms with Crippen LogP contribution in [-0.2, 0) is 4.79 Å². The summed E-state index contributed by atoms with van der Waals surface area (Å²) in [6, 6.07) is 0. The lowest BCUT2D eigenvalue weighted by Crippen LogP contribution is -2.30. The molecule has 2 nitrogen and oxygen atoms in total. The molecule has 0 aliphatic carbocycles. The van der Waals surface area contributed by atoms with E-state index < -0.39 is 11.4 Å². The molecule has 2 heteroatoms. The largest absolute Gasteiger partial charge is 0.481 e. The van der Waals surface area contributed by atoms with E-state index in [0.29, 0.717) is 0 Å². The molecule has 14 heavy (non-hydrogen) atoms. The third kappa shape index (κ3) is 3.69. The molecule has 0 saturated carbocycles. The van der Waals surface area contributed by atoms with Gasteiger partial charge < -0.3 is 5.11 Å². The first-order valence-corrected chi connectivity index (χ1v) is 5.86. The lowest BCUT2D eigenvalue weighted by molar-refractivity contribution is -0.150. The number of carboxylic acid groups (broad SMARTS) is 1. The summed E-state index contributed by atoms with van der Waals surface area (Å²) in [5.74, 6) is -0.599. The standard InChI is InChI=1S/C12H24O2/c1-4-7-8-10-12(6-3,9-5-2)11(13)14/h4-10H2,1-3H3,(H,13,14). The number of rotatable bonds is 8. The van der Waals surface area contributed by atoms with E-state index >= 15 is 0 Å². The Morgan fingerprint density at radius 2 is 1.71 bits per heavy atom. The Kier molecular flexibility index (Phi) is 6.60. The molecule has 0 radical (unpaired) electrons. The molecule has 1 unspecified atom stereocenters. The maximum Gasteiger partial charge on any atom is 0.309 e. The summed E-state index contributed by atoms with van der Waals surface area (Å²) in [6.07, 6.45) is 6.76. The highest BCUT2D eigenvalue weighted by atomic mass is 16.4. The Balaban J connectivity index is 4.26. The second-order valence-corrected chi connectivity index (χ2v) is 4.15. The quantitative estimate of drug-likeness (QED) is 0.604. The van der Waals surface area contributed by atoms with Gasteiger partial charge in [0, 0.05) is 0 Å². The Hall–Kier alpha value is -0.530. The van der Waals surface area contributed by atoms with E-state index in [1.807, 2.05) is 6.92 Å². The van der Waals surface area contributed by atoms with Crippen LogP contribution in [0.5, 0.6) is 0 Å². The van der Waals surface area contributed by atoms with Crippen LogP contribution in [0.15, 0.2) is 0 Å². The van der Waals surface area contributed by atoms with Gasteiger partial charge in [-0.15, -0.1) is 0 Å². The molecule has 0 aliphatic heterocycles. The van der Waals surface area contributed by atoms with Gasteiger partial charge in [0.1, 0.15) is 0 Å². The molecule has 0 aromatic carbocycles. The molecule has 0 aromatic rings. The van der Waals surface area contributed by atoms with Crippen LogP contribution in [0, 0.1) is 5.41 Å². The molecule has 1 atom stereocenters. The molecule has 0 fully saturated rings. The molecule has 0 spiro atoms. The van der Waals surface area contributed by atoms with Gasteiger partial charge >= 0.3 is 5.97 Å². The lowest BCUT2D eigenvalue weighted by Gasteiger charge is -2.27. The predicted molar refractivity (Wildman–Crippen MR) is 59.4 cm³/mol. The van der Waals surface area contributed by atoms with Crippen molar-refractivity contribution in [2.24, 2.45) is 5.41 Å². The fourth-order valence-electron chi connectivity index (χ4n) is 2.04. The van der Waals surface area contributed by atoms with Crippen molar-refractivity contribution in [2.45, 2.75) is 65.7 Å². The fourth-order valence-corrected chi connectivity index (χ4v) is 2.04. The van der Waals surface area contributed by atoms with Crippen molar-refractivity contribution in [3.05, 3.63) is 0 Å². The summed E-state index contributed by atoms with van der Waals surface area (Å²) in [5.41, 5.74) is -0.441. The Bertz CT molecular complexity index is 166. The van der Waals surface area contributed by atoms with Crippen LogP contribution in [-0.4, -0.2) is 11.1 Å². The smallest absolute Gasteiger partial charge is 0.309 e. The number of carbonyl (C=O) groups is 1. The minimum absolute atomic E-state index is 0.441. The fraction of sp³-hybridized carbons (Fsp3) is 0.917. The first-order valence-electron chi connectivity index (χ1n) is 5.86. The second-order valence-electron chi connectivity index (χ2n) is 4.15. The first-order chi connectivity index (χ1) is 6.63. The molecule has 0 amide bonds. The molecule has 0 heterocycles. The molecule has 0 aromatic heterocycles. The van der Waals surface area contributed by atoms with Crippen LogP contribution in [0.4, 0.5) is 0 Å². The van der Waals surface area contributed by atoms with Gasteiger partial charge in [-0.3, -0.25) is 4.79 Å². The van der Waals surface area contributed by atoms with Crippen LogP contribution >= 0.6 is 0 Å². The predicted octanol–water partition coefficient (Wildman–Crippen LogP) is 3.85. The van der Waals surface area contributed by atoms with Gasteiger partial charge in [-0.2, -0.15) is 0 Å². The average molecular weight is 200 g/mol. The highest BCUT2D eigenvalue weighted by molar-refractivity contribution is 5.74. The summed E-state index contributed by atoms with van der Waals surface area (Å²) in [7, 11) is 0. The van der Waals surface area contributed by atoms with Crippen molar-refractivity contribution in [2.75, 3.05) is 0 Å². The van der Waals surface area contributed by atoms with Crippen molar-refractivity contribution in [1.82, 2.24) is 0 Å². The molecular weight excluding hydrogens is 176 g/mol. The van der Waals surface area contributed by atoms with Gasteiger partial charge in [0.2, 0.25) is 0 Å². The normalized spacial score (nSPS) is 15.1. The maximum absolute atomic E-state index is 11.2. The van der Waals surface area contributed by atoms with Gasteiger partial charge in [-0.25, -0.2) is 0 Å². The summed E-state index contributed by atoms with van der Waals surface area (Å²) >= 11 is 0. The highest BCUT2D eigenvalue weighted by Gasteiger charge is 2.34. The number of hydrogen-bond donors (Lipinski definition) is 1. The van der Waals surface area contributed by atoms with Gasteiger partial charge in [0.15, 0.2) is 0 Å². The Labute approximate surface area is 87.7 Å². The summed E-state index contributed by atoms with van der Waals surface area (Å²) in [6.45, 7) is 6.21. The van der Waals surface area contributed by atoms with Crippen molar-refractivity contribution < 1.29 is 9.90 Å². The lowest BCUT2D eigenvalue weighted by atomic mass is 9.76. The zero-order valence-electron chi connectivity index (χ0n) is 9.81. The van der Waals surface area contributed by atoms with Gasteiger partial charge in [0.25, 0.3) is 0 Å². The highest BCUT2D eigenvalue weighted by Crippen LogP contribution is 2.34. The molecular formula is C12H24O2. The summed E-state index contributed by atoms with van der Waals surface area (Å²) in [4.78, 5) is 11.2. The van der Waals surface area contributed by atoms with E-state index in [1.165, 1.54) is 0 Å². The van der Waals surface area contributed by atoms with Crippen LogP contribution in [0.1, 0.15) is 65.7 Å². The van der Waals surface area contributed by atoms with E-state index in [2.05, 4.69) is 13.8 Å². The molecule has 0 rings (SSSR count). The van der Waals surface area contributed by atoms with Gasteiger partial charge in [0.05, 0.1) is 5.41 Å². The third-order valence-electron chi connectivity index (χ3n) is 3.12. The second kappa shape index (κ2) is 6.86. The first kappa shape index (κ1) is 13.5. The Morgan fingerprint density at radius 3 is 2.07 bits per heavy atom. The van der Waals surface area contributed by atoms with Crippen LogP contribution < -0.4 is 0 Å². The summed E-state index contributed by atoms with van der Waals surface area (Å²) in [5, 5.41) is 9.25. The monoisotopic (exact) mass is 200 g/mol. The number of hydrogen-bond acceptors (Lipinski definition) is 1. The van der Waals surface area contributed by atoms with Gasteiger partial charge in [-0.1, -0.05) is 46.5 Å². The number of carboxylic acids is 1. The molecule has 84 valence electrons. The zero-order valence-corrected chi connectivity index (χ0v) is 9.81. The van der Waals surface area contributed by atoms with Crippen molar-refractivity contribution in [1.29, 1.82) is 0 Å². The van der Waals surface area contributed by atoms with Crippen molar-refractivity contribution in [3.8, 4) is 0 Å². The van der Waals surface area contributed by atoms with E-state index in [9.17, 15) is 9.90 Å². The van der Waals surface area contributed by atoms with E-state index in [0.717, 1.165) is 44.9 Å². The van der Waals surface area contributed by atoms with E-state index in [4.69, 9.17) is 0 Å². The third-order valence-corrected chi connectivity index (χ3v) is 3.12. The van der Waals surface area contributed by atoms with E-state index in [-0.39, 0.29) is 0 Å². The minimum Gasteiger partial charge on any atom is -0.481 e. The maximum atomic E-state index is 11.2. The van der Waals surface area contributed by atoms with Crippen LogP contribution in [0.2, 0.25) is 0 Å². The topological polar surface area (TPSA) is 37.3 Å². The number of unbranched alkanes of at least 4 members (excludes halogenated alkanes) is 2. The molecule has 0 bridgehead atoms. The Morgan fingerprint density at radius 1 is 1.07 bits per heavy atom. The molecule has 0 saturated heterocycles. The molecule has 1 N–H and O–H groups in total.